The summed E-state index contributed by atoms with van der Waals surface area (Å²) in [7, 11) is 0. The molecule has 0 aliphatic heterocycles. The number of carbonyl (C=O) groups excluding carboxylic acids is 1. The molecule has 1 aromatic carbocycles. The number of H-pyrrole nitrogens is 2. The highest BCUT2D eigenvalue weighted by atomic mass is 16.1. The Labute approximate surface area is 96.1 Å². The average molecular weight is 227 g/mol. The lowest BCUT2D eigenvalue weighted by Gasteiger charge is -2.02. The molecule has 0 aliphatic rings. The highest BCUT2D eigenvalue weighted by Crippen LogP contribution is 2.17. The molecular formula is C11H9N5O. The number of hydrogen-bond acceptors (Lipinski definition) is 3. The molecule has 0 fully saturated rings. The highest BCUT2D eigenvalue weighted by molar-refractivity contribution is 6.11. The molecule has 3 N–H and O–H groups in total. The van der Waals surface area contributed by atoms with Gasteiger partial charge < -0.3 is 4.98 Å². The molecule has 84 valence electrons. The molecule has 0 atom stereocenters. The first kappa shape index (κ1) is 9.59. The number of nitrogens with zero attached hydrogens (tertiary/aromatic N) is 2. The predicted molar refractivity (Wildman–Crippen MR) is 62.6 cm³/mol. The largest absolute Gasteiger partial charge is 0.361 e. The molecule has 17 heavy (non-hydrogen) atoms. The second-order valence-electron chi connectivity index (χ2n) is 3.53. The number of nitrogens with one attached hydrogen (secondary N) is 3. The van der Waals surface area contributed by atoms with Gasteiger partial charge in [0.15, 0.2) is 0 Å². The molecule has 6 heteroatoms. The third-order valence-electron chi connectivity index (χ3n) is 2.49. The Morgan fingerprint density at radius 3 is 3.06 bits per heavy atom. The summed E-state index contributed by atoms with van der Waals surface area (Å²) in [5, 5.41) is 9.76. The van der Waals surface area contributed by atoms with Crippen molar-refractivity contribution in [3.05, 3.63) is 42.4 Å². The van der Waals surface area contributed by atoms with Gasteiger partial charge in [-0.05, 0) is 18.2 Å². The lowest BCUT2D eigenvalue weighted by Crippen LogP contribution is -2.13. The molecule has 0 radical (unpaired) electrons. The van der Waals surface area contributed by atoms with E-state index in [1.807, 2.05) is 18.2 Å². The monoisotopic (exact) mass is 227 g/mol. The van der Waals surface area contributed by atoms with Gasteiger partial charge in [-0.1, -0.05) is 6.07 Å². The molecule has 0 spiro atoms. The summed E-state index contributed by atoms with van der Waals surface area (Å²) >= 11 is 0. The molecule has 0 bridgehead atoms. The van der Waals surface area contributed by atoms with E-state index in [0.717, 1.165) is 10.9 Å². The summed E-state index contributed by atoms with van der Waals surface area (Å²) < 4.78 is 0. The number of anilines is 1. The Morgan fingerprint density at radius 2 is 2.24 bits per heavy atom. The first-order valence-corrected chi connectivity index (χ1v) is 5.07. The molecule has 2 aromatic heterocycles. The van der Waals surface area contributed by atoms with Crippen LogP contribution in [0.25, 0.3) is 10.9 Å². The SMILES string of the molecule is O=C(Nc1ncn[nH]1)c1cccc2[nH]ccc12. The molecule has 0 aliphatic carbocycles. The van der Waals surface area contributed by atoms with Crippen LogP contribution in [0, 0.1) is 0 Å². The zero-order valence-electron chi connectivity index (χ0n) is 8.77. The summed E-state index contributed by atoms with van der Waals surface area (Å²) in [6.45, 7) is 0. The van der Waals surface area contributed by atoms with E-state index < -0.39 is 0 Å². The summed E-state index contributed by atoms with van der Waals surface area (Å²) in [6, 6.07) is 7.38. The van der Waals surface area contributed by atoms with Crippen molar-refractivity contribution in [1.82, 2.24) is 20.2 Å². The Morgan fingerprint density at radius 1 is 1.29 bits per heavy atom. The fraction of sp³-hybridized carbons (Fsp3) is 0. The van der Waals surface area contributed by atoms with Gasteiger partial charge in [-0.15, -0.1) is 0 Å². The molecular weight excluding hydrogens is 218 g/mol. The van der Waals surface area contributed by atoms with Crippen molar-refractivity contribution in [1.29, 1.82) is 0 Å². The van der Waals surface area contributed by atoms with Crippen molar-refractivity contribution in [2.45, 2.75) is 0 Å². The van der Waals surface area contributed by atoms with Crippen molar-refractivity contribution in [2.24, 2.45) is 0 Å². The minimum Gasteiger partial charge on any atom is -0.361 e. The molecule has 0 saturated carbocycles. The normalized spacial score (nSPS) is 10.6. The number of amides is 1. The van der Waals surface area contributed by atoms with Crippen LogP contribution < -0.4 is 5.32 Å². The first-order chi connectivity index (χ1) is 8.34. The Kier molecular flexibility index (Phi) is 2.11. The van der Waals surface area contributed by atoms with Gasteiger partial charge in [-0.2, -0.15) is 10.1 Å². The smallest absolute Gasteiger partial charge is 0.258 e. The van der Waals surface area contributed by atoms with Gasteiger partial charge in [-0.3, -0.25) is 10.1 Å². The maximum Gasteiger partial charge on any atom is 0.258 e. The van der Waals surface area contributed by atoms with Gasteiger partial charge in [0.2, 0.25) is 5.95 Å². The van der Waals surface area contributed by atoms with Gasteiger partial charge in [0.1, 0.15) is 6.33 Å². The number of aromatic nitrogens is 4. The fourth-order valence-corrected chi connectivity index (χ4v) is 1.72. The average Bonchev–Trinajstić information content (AvgIpc) is 2.97. The summed E-state index contributed by atoms with van der Waals surface area (Å²) in [4.78, 5) is 18.9. The predicted octanol–water partition coefficient (Wildman–Crippen LogP) is 1.54. The summed E-state index contributed by atoms with van der Waals surface area (Å²) in [6.07, 6.45) is 3.14. The second kappa shape index (κ2) is 3.75. The van der Waals surface area contributed by atoms with Gasteiger partial charge in [-0.25, -0.2) is 5.10 Å². The van der Waals surface area contributed by atoms with E-state index in [1.165, 1.54) is 6.33 Å². The first-order valence-electron chi connectivity index (χ1n) is 5.07. The van der Waals surface area contributed by atoms with E-state index in [1.54, 1.807) is 12.3 Å². The minimum absolute atomic E-state index is 0.216. The number of carbonyl (C=O) groups is 1. The van der Waals surface area contributed by atoms with Crippen molar-refractivity contribution in [3.8, 4) is 0 Å². The topological polar surface area (TPSA) is 86.5 Å². The van der Waals surface area contributed by atoms with Crippen LogP contribution in [0.2, 0.25) is 0 Å². The third kappa shape index (κ3) is 1.65. The van der Waals surface area contributed by atoms with Crippen LogP contribution in [-0.2, 0) is 0 Å². The zero-order valence-corrected chi connectivity index (χ0v) is 8.77. The lowest BCUT2D eigenvalue weighted by atomic mass is 10.1. The van der Waals surface area contributed by atoms with Crippen LogP contribution in [0.5, 0.6) is 0 Å². The van der Waals surface area contributed by atoms with E-state index in [9.17, 15) is 4.79 Å². The quantitative estimate of drug-likeness (QED) is 0.620. The zero-order chi connectivity index (χ0) is 11.7. The Bertz CT molecular complexity index is 655. The molecule has 3 rings (SSSR count). The van der Waals surface area contributed by atoms with Crippen LogP contribution in [0.3, 0.4) is 0 Å². The summed E-state index contributed by atoms with van der Waals surface area (Å²) in [5.74, 6) is 0.120. The van der Waals surface area contributed by atoms with E-state index in [0.29, 0.717) is 11.5 Å². The second-order valence-corrected chi connectivity index (χ2v) is 3.53. The van der Waals surface area contributed by atoms with Crippen LogP contribution >= 0.6 is 0 Å². The number of benzene rings is 1. The number of rotatable bonds is 2. The lowest BCUT2D eigenvalue weighted by molar-refractivity contribution is 0.102. The van der Waals surface area contributed by atoms with Crippen LogP contribution in [0.15, 0.2) is 36.8 Å². The van der Waals surface area contributed by atoms with Crippen LogP contribution in [0.4, 0.5) is 5.95 Å². The highest BCUT2D eigenvalue weighted by Gasteiger charge is 2.11. The van der Waals surface area contributed by atoms with E-state index in [4.69, 9.17) is 0 Å². The molecule has 6 nitrogen and oxygen atoms in total. The Balaban J connectivity index is 1.98. The van der Waals surface area contributed by atoms with Crippen molar-refractivity contribution < 1.29 is 4.79 Å². The summed E-state index contributed by atoms with van der Waals surface area (Å²) in [5.41, 5.74) is 1.52. The maximum absolute atomic E-state index is 12.0. The van der Waals surface area contributed by atoms with E-state index in [2.05, 4.69) is 25.5 Å². The van der Waals surface area contributed by atoms with Crippen molar-refractivity contribution >= 4 is 22.8 Å². The van der Waals surface area contributed by atoms with Gasteiger partial charge in [0.25, 0.3) is 5.91 Å². The Hall–Kier alpha value is -2.63. The fourth-order valence-electron chi connectivity index (χ4n) is 1.72. The number of aromatic amines is 2. The van der Waals surface area contributed by atoms with Crippen LogP contribution in [0.1, 0.15) is 10.4 Å². The molecule has 1 amide bonds. The third-order valence-corrected chi connectivity index (χ3v) is 2.49. The number of fused-ring (bicyclic) bond motifs is 1. The molecule has 3 aromatic rings. The van der Waals surface area contributed by atoms with E-state index >= 15 is 0 Å². The maximum atomic E-state index is 12.0. The van der Waals surface area contributed by atoms with Gasteiger partial charge in [0.05, 0.1) is 0 Å². The van der Waals surface area contributed by atoms with Gasteiger partial charge in [0, 0.05) is 22.7 Å². The van der Waals surface area contributed by atoms with Crippen molar-refractivity contribution in [2.75, 3.05) is 5.32 Å². The molecule has 0 unspecified atom stereocenters. The number of hydrogen-bond donors (Lipinski definition) is 3. The van der Waals surface area contributed by atoms with E-state index in [-0.39, 0.29) is 5.91 Å². The van der Waals surface area contributed by atoms with Crippen molar-refractivity contribution in [3.63, 3.8) is 0 Å². The molecule has 2 heterocycles. The molecule has 0 saturated heterocycles. The minimum atomic E-state index is -0.216. The van der Waals surface area contributed by atoms with Crippen LogP contribution in [-0.4, -0.2) is 26.1 Å². The standard InChI is InChI=1S/C11H9N5O/c17-10(15-11-13-6-14-16-11)8-2-1-3-9-7(8)4-5-12-9/h1-6,12H,(H2,13,14,15,16,17). The van der Waals surface area contributed by atoms with Gasteiger partial charge >= 0.3 is 0 Å².